The number of rotatable bonds is 8. The Morgan fingerprint density at radius 3 is 1.17 bits per heavy atom. The van der Waals surface area contributed by atoms with E-state index in [9.17, 15) is 19.2 Å². The standard InChI is InChI=1S/C24H38O6/c1-17(2)15-19(25)23(11-7-5-8-12-23)21(27)29-30-22(28)24(13-9-6-10-14-24)20(26)16-18(3)4/h17-18H,5-16H2,1-4H3. The summed E-state index contributed by atoms with van der Waals surface area (Å²) < 4.78 is 0. The van der Waals surface area contributed by atoms with Gasteiger partial charge in [0.1, 0.15) is 10.8 Å². The lowest BCUT2D eigenvalue weighted by atomic mass is 9.69. The predicted molar refractivity (Wildman–Crippen MR) is 112 cm³/mol. The first-order valence-electron chi connectivity index (χ1n) is 11.6. The van der Waals surface area contributed by atoms with Gasteiger partial charge in [0.05, 0.1) is 0 Å². The lowest BCUT2D eigenvalue weighted by Gasteiger charge is -2.35. The molecule has 0 radical (unpaired) electrons. The molecule has 2 saturated carbocycles. The zero-order chi connectivity index (χ0) is 22.4. The SMILES string of the molecule is CC(C)CC(=O)C1(C(=O)OOC(=O)C2(C(=O)CC(C)C)CCCCC2)CCCCC1. The monoisotopic (exact) mass is 422 g/mol. The van der Waals surface area contributed by atoms with Crippen LogP contribution in [0, 0.1) is 22.7 Å². The van der Waals surface area contributed by atoms with Crippen molar-refractivity contribution in [3.05, 3.63) is 0 Å². The molecule has 30 heavy (non-hydrogen) atoms. The van der Waals surface area contributed by atoms with Crippen molar-refractivity contribution in [2.24, 2.45) is 22.7 Å². The highest BCUT2D eigenvalue weighted by molar-refractivity contribution is 6.05. The minimum absolute atomic E-state index is 0.130. The smallest absolute Gasteiger partial charge is 0.298 e. The first kappa shape index (κ1) is 24.5. The number of Topliss-reactive ketones (excluding diaryl/α,β-unsaturated/α-hetero) is 2. The normalized spacial score (nSPS) is 20.6. The Morgan fingerprint density at radius 1 is 0.600 bits per heavy atom. The van der Waals surface area contributed by atoms with Crippen LogP contribution in [0.3, 0.4) is 0 Å². The fraction of sp³-hybridized carbons (Fsp3) is 0.833. The maximum absolute atomic E-state index is 13.0. The van der Waals surface area contributed by atoms with Gasteiger partial charge >= 0.3 is 11.9 Å². The van der Waals surface area contributed by atoms with Crippen LogP contribution in [0.5, 0.6) is 0 Å². The summed E-state index contributed by atoms with van der Waals surface area (Å²) in [6.07, 6.45) is 7.28. The van der Waals surface area contributed by atoms with Crippen LogP contribution >= 0.6 is 0 Å². The molecule has 0 unspecified atom stereocenters. The topological polar surface area (TPSA) is 86.7 Å². The molecular weight excluding hydrogens is 384 g/mol. The average molecular weight is 423 g/mol. The minimum atomic E-state index is -1.23. The molecule has 2 fully saturated rings. The van der Waals surface area contributed by atoms with Crippen molar-refractivity contribution in [1.82, 2.24) is 0 Å². The minimum Gasteiger partial charge on any atom is -0.298 e. The highest BCUT2D eigenvalue weighted by Crippen LogP contribution is 2.42. The van der Waals surface area contributed by atoms with E-state index in [1.54, 1.807) is 0 Å². The van der Waals surface area contributed by atoms with Gasteiger partial charge in [-0.1, -0.05) is 66.2 Å². The van der Waals surface area contributed by atoms with Crippen LogP contribution in [0.1, 0.15) is 105 Å². The molecule has 0 amide bonds. The number of hydrogen-bond acceptors (Lipinski definition) is 6. The van der Waals surface area contributed by atoms with Gasteiger partial charge in [-0.05, 0) is 37.5 Å². The van der Waals surface area contributed by atoms with E-state index >= 15 is 0 Å². The van der Waals surface area contributed by atoms with Crippen LogP contribution in [0.15, 0.2) is 0 Å². The predicted octanol–water partition coefficient (Wildman–Crippen LogP) is 5.12. The molecule has 2 rings (SSSR count). The molecule has 170 valence electrons. The van der Waals surface area contributed by atoms with E-state index in [-0.39, 0.29) is 23.4 Å². The van der Waals surface area contributed by atoms with Crippen molar-refractivity contribution in [2.75, 3.05) is 0 Å². The molecule has 0 N–H and O–H groups in total. The molecule has 6 nitrogen and oxygen atoms in total. The van der Waals surface area contributed by atoms with Crippen molar-refractivity contribution >= 4 is 23.5 Å². The van der Waals surface area contributed by atoms with Crippen LogP contribution in [-0.4, -0.2) is 23.5 Å². The molecule has 0 saturated heterocycles. The van der Waals surface area contributed by atoms with Gasteiger partial charge in [-0.25, -0.2) is 19.4 Å². The summed E-state index contributed by atoms with van der Waals surface area (Å²) in [6.45, 7) is 7.75. The number of hydrogen-bond donors (Lipinski definition) is 0. The van der Waals surface area contributed by atoms with Crippen molar-refractivity contribution < 1.29 is 29.0 Å². The van der Waals surface area contributed by atoms with Gasteiger partial charge in [0.15, 0.2) is 11.6 Å². The Balaban J connectivity index is 2.13. The highest BCUT2D eigenvalue weighted by atomic mass is 17.2. The van der Waals surface area contributed by atoms with Crippen LogP contribution in [0.25, 0.3) is 0 Å². The summed E-state index contributed by atoms with van der Waals surface area (Å²) in [6, 6.07) is 0. The quantitative estimate of drug-likeness (QED) is 0.306. The van der Waals surface area contributed by atoms with E-state index in [2.05, 4.69) is 0 Å². The maximum Gasteiger partial charge on any atom is 0.369 e. The number of carbonyl (C=O) groups is 4. The average Bonchev–Trinajstić information content (AvgIpc) is 2.71. The third-order valence-electron chi connectivity index (χ3n) is 6.64. The molecule has 0 aliphatic heterocycles. The van der Waals surface area contributed by atoms with Crippen LogP contribution in [-0.2, 0) is 29.0 Å². The Labute approximate surface area is 180 Å². The molecule has 0 aromatic rings. The molecule has 0 heterocycles. The molecule has 0 spiro atoms. The van der Waals surface area contributed by atoms with E-state index in [0.717, 1.165) is 38.5 Å². The van der Waals surface area contributed by atoms with E-state index < -0.39 is 22.8 Å². The Bertz CT molecular complexity index is 580. The highest BCUT2D eigenvalue weighted by Gasteiger charge is 2.51. The first-order chi connectivity index (χ1) is 14.1. The zero-order valence-electron chi connectivity index (χ0n) is 19.1. The molecule has 0 bridgehead atoms. The summed E-state index contributed by atoms with van der Waals surface area (Å²) in [5.74, 6) is -1.56. The van der Waals surface area contributed by atoms with Gasteiger partial charge in [0.2, 0.25) is 0 Å². The van der Waals surface area contributed by atoms with E-state index in [4.69, 9.17) is 9.78 Å². The van der Waals surface area contributed by atoms with Gasteiger partial charge < -0.3 is 0 Å². The maximum atomic E-state index is 13.0. The lowest BCUT2D eigenvalue weighted by Crippen LogP contribution is -2.46. The summed E-state index contributed by atoms with van der Waals surface area (Å²) in [5, 5.41) is 0. The summed E-state index contributed by atoms with van der Waals surface area (Å²) >= 11 is 0. The van der Waals surface area contributed by atoms with Crippen molar-refractivity contribution in [2.45, 2.75) is 105 Å². The van der Waals surface area contributed by atoms with E-state index in [1.165, 1.54) is 0 Å². The second kappa shape index (κ2) is 10.5. The Kier molecular flexibility index (Phi) is 8.62. The molecule has 2 aliphatic rings. The van der Waals surface area contributed by atoms with Gasteiger partial charge in [-0.2, -0.15) is 0 Å². The second-order valence-corrected chi connectivity index (χ2v) is 10.1. The van der Waals surface area contributed by atoms with Gasteiger partial charge in [-0.15, -0.1) is 0 Å². The second-order valence-electron chi connectivity index (χ2n) is 10.1. The third-order valence-corrected chi connectivity index (χ3v) is 6.64. The van der Waals surface area contributed by atoms with Gasteiger partial charge in [0.25, 0.3) is 0 Å². The van der Waals surface area contributed by atoms with Crippen LogP contribution < -0.4 is 0 Å². The first-order valence-corrected chi connectivity index (χ1v) is 11.6. The van der Waals surface area contributed by atoms with Crippen LogP contribution in [0.4, 0.5) is 0 Å². The number of ketones is 2. The fourth-order valence-corrected chi connectivity index (χ4v) is 4.87. The summed E-state index contributed by atoms with van der Waals surface area (Å²) in [7, 11) is 0. The molecule has 0 atom stereocenters. The van der Waals surface area contributed by atoms with E-state index in [0.29, 0.717) is 38.5 Å². The molecular formula is C24H38O6. The third kappa shape index (κ3) is 5.50. The summed E-state index contributed by atoms with van der Waals surface area (Å²) in [4.78, 5) is 61.8. The molecule has 0 aromatic heterocycles. The Hall–Kier alpha value is -1.72. The van der Waals surface area contributed by atoms with Gasteiger partial charge in [0, 0.05) is 12.8 Å². The van der Waals surface area contributed by atoms with Crippen molar-refractivity contribution in [3.8, 4) is 0 Å². The molecule has 6 heteroatoms. The zero-order valence-corrected chi connectivity index (χ0v) is 19.1. The molecule has 0 aromatic carbocycles. The Morgan fingerprint density at radius 2 is 0.900 bits per heavy atom. The van der Waals surface area contributed by atoms with Crippen LogP contribution in [0.2, 0.25) is 0 Å². The number of carbonyl (C=O) groups excluding carboxylic acids is 4. The molecule has 2 aliphatic carbocycles. The van der Waals surface area contributed by atoms with Crippen molar-refractivity contribution in [1.29, 1.82) is 0 Å². The largest absolute Gasteiger partial charge is 0.369 e. The van der Waals surface area contributed by atoms with Gasteiger partial charge in [-0.3, -0.25) is 9.59 Å². The van der Waals surface area contributed by atoms with E-state index in [1.807, 2.05) is 27.7 Å². The van der Waals surface area contributed by atoms with Crippen molar-refractivity contribution in [3.63, 3.8) is 0 Å². The summed E-state index contributed by atoms with van der Waals surface area (Å²) in [5.41, 5.74) is -2.46. The lowest BCUT2D eigenvalue weighted by molar-refractivity contribution is -0.273. The fourth-order valence-electron chi connectivity index (χ4n) is 4.87.